The van der Waals surface area contributed by atoms with Crippen molar-refractivity contribution in [2.75, 3.05) is 31.6 Å². The number of thioether (sulfide) groups is 1. The molecule has 1 fully saturated rings. The van der Waals surface area contributed by atoms with E-state index in [4.69, 9.17) is 0 Å². The molecule has 0 spiro atoms. The molecule has 4 heteroatoms. The Bertz CT molecular complexity index is 236. The first-order chi connectivity index (χ1) is 8.74. The Balaban J connectivity index is 1.99. The van der Waals surface area contributed by atoms with Crippen LogP contribution in [0.25, 0.3) is 0 Å². The second-order valence-electron chi connectivity index (χ2n) is 5.33. The lowest BCUT2D eigenvalue weighted by atomic mass is 10.0. The molecular formula is C14H28N2OS. The lowest BCUT2D eigenvalue weighted by Gasteiger charge is -2.30. The van der Waals surface area contributed by atoms with Crippen LogP contribution in [0.1, 0.15) is 45.4 Å². The van der Waals surface area contributed by atoms with Gasteiger partial charge in [-0.25, -0.2) is 4.79 Å². The molecule has 18 heavy (non-hydrogen) atoms. The summed E-state index contributed by atoms with van der Waals surface area (Å²) >= 11 is 1.91. The van der Waals surface area contributed by atoms with Crippen LogP contribution in [0.15, 0.2) is 0 Å². The van der Waals surface area contributed by atoms with Gasteiger partial charge in [0.05, 0.1) is 0 Å². The molecule has 0 saturated carbocycles. The highest BCUT2D eigenvalue weighted by Crippen LogP contribution is 2.15. The van der Waals surface area contributed by atoms with Crippen LogP contribution >= 0.6 is 11.8 Å². The van der Waals surface area contributed by atoms with Gasteiger partial charge in [-0.1, -0.05) is 19.8 Å². The van der Waals surface area contributed by atoms with E-state index < -0.39 is 0 Å². The van der Waals surface area contributed by atoms with Crippen molar-refractivity contribution in [3.8, 4) is 0 Å². The second kappa shape index (κ2) is 9.54. The van der Waals surface area contributed by atoms with Crippen LogP contribution < -0.4 is 5.32 Å². The van der Waals surface area contributed by atoms with Gasteiger partial charge in [-0.05, 0) is 43.6 Å². The minimum absolute atomic E-state index is 0.144. The van der Waals surface area contributed by atoms with Crippen molar-refractivity contribution in [3.05, 3.63) is 0 Å². The molecule has 106 valence electrons. The van der Waals surface area contributed by atoms with E-state index in [0.717, 1.165) is 32.5 Å². The van der Waals surface area contributed by atoms with Gasteiger partial charge in [0.15, 0.2) is 0 Å². The fourth-order valence-corrected chi connectivity index (χ4v) is 2.90. The third-order valence-corrected chi connectivity index (χ3v) is 4.19. The zero-order chi connectivity index (χ0) is 13.2. The average Bonchev–Trinajstić information content (AvgIpc) is 2.37. The van der Waals surface area contributed by atoms with E-state index in [-0.39, 0.29) is 6.03 Å². The van der Waals surface area contributed by atoms with Crippen LogP contribution in [0.5, 0.6) is 0 Å². The maximum atomic E-state index is 11.9. The maximum absolute atomic E-state index is 11.9. The molecule has 3 nitrogen and oxygen atoms in total. The highest BCUT2D eigenvalue weighted by molar-refractivity contribution is 7.98. The maximum Gasteiger partial charge on any atom is 0.317 e. The largest absolute Gasteiger partial charge is 0.338 e. The fraction of sp³-hybridized carbons (Fsp3) is 0.929. The number of piperidine rings is 1. The van der Waals surface area contributed by atoms with Crippen molar-refractivity contribution >= 4 is 17.8 Å². The van der Waals surface area contributed by atoms with Crippen molar-refractivity contribution in [1.82, 2.24) is 10.2 Å². The number of hydrogen-bond donors (Lipinski definition) is 1. The summed E-state index contributed by atoms with van der Waals surface area (Å²) in [6.07, 6.45) is 9.51. The molecule has 0 aromatic heterocycles. The highest BCUT2D eigenvalue weighted by Gasteiger charge is 2.20. The number of nitrogens with one attached hydrogen (secondary N) is 1. The first-order valence-electron chi connectivity index (χ1n) is 7.25. The van der Waals surface area contributed by atoms with E-state index in [2.05, 4.69) is 18.5 Å². The Hall–Kier alpha value is -0.380. The van der Waals surface area contributed by atoms with Crippen molar-refractivity contribution in [1.29, 1.82) is 0 Å². The molecule has 1 N–H and O–H groups in total. The standard InChI is InChI=1S/C14H28N2OS/c1-13-8-7-10-16(12-13)14(17)15-9-5-3-4-6-11-18-2/h13H,3-12H2,1-2H3,(H,15,17). The molecular weight excluding hydrogens is 244 g/mol. The monoisotopic (exact) mass is 272 g/mol. The molecule has 1 aliphatic rings. The summed E-state index contributed by atoms with van der Waals surface area (Å²) in [6.45, 7) is 4.93. The molecule has 1 atom stereocenters. The number of unbranched alkanes of at least 4 members (excludes halogenated alkanes) is 3. The van der Waals surface area contributed by atoms with Gasteiger partial charge in [0, 0.05) is 19.6 Å². The number of carbonyl (C=O) groups excluding carboxylic acids is 1. The van der Waals surface area contributed by atoms with Gasteiger partial charge in [0.25, 0.3) is 0 Å². The molecule has 1 saturated heterocycles. The number of carbonyl (C=O) groups is 1. The van der Waals surface area contributed by atoms with Crippen LogP contribution in [-0.4, -0.2) is 42.6 Å². The predicted octanol–water partition coefficient (Wildman–Crippen LogP) is 3.35. The van der Waals surface area contributed by atoms with Gasteiger partial charge in [-0.2, -0.15) is 11.8 Å². The highest BCUT2D eigenvalue weighted by atomic mass is 32.2. The molecule has 0 radical (unpaired) electrons. The molecule has 1 rings (SSSR count). The summed E-state index contributed by atoms with van der Waals surface area (Å²) in [6, 6.07) is 0.144. The van der Waals surface area contributed by atoms with E-state index in [9.17, 15) is 4.79 Å². The number of amides is 2. The van der Waals surface area contributed by atoms with E-state index >= 15 is 0 Å². The minimum atomic E-state index is 0.144. The molecule has 1 unspecified atom stereocenters. The van der Waals surface area contributed by atoms with Crippen LogP contribution in [-0.2, 0) is 0 Å². The number of likely N-dealkylation sites (tertiary alicyclic amines) is 1. The Labute approximate surface area is 116 Å². The van der Waals surface area contributed by atoms with Gasteiger partial charge < -0.3 is 10.2 Å². The van der Waals surface area contributed by atoms with Crippen LogP contribution in [0.2, 0.25) is 0 Å². The summed E-state index contributed by atoms with van der Waals surface area (Å²) in [5.74, 6) is 1.92. The number of hydrogen-bond acceptors (Lipinski definition) is 2. The zero-order valence-corrected chi connectivity index (χ0v) is 12.7. The number of rotatable bonds is 7. The Kier molecular flexibility index (Phi) is 8.31. The predicted molar refractivity (Wildman–Crippen MR) is 80.2 cm³/mol. The van der Waals surface area contributed by atoms with Crippen molar-refractivity contribution in [2.24, 2.45) is 5.92 Å². The fourth-order valence-electron chi connectivity index (χ4n) is 2.41. The molecule has 0 aromatic carbocycles. The second-order valence-corrected chi connectivity index (χ2v) is 6.32. The lowest BCUT2D eigenvalue weighted by molar-refractivity contribution is 0.169. The third-order valence-electron chi connectivity index (χ3n) is 3.50. The van der Waals surface area contributed by atoms with E-state index in [1.54, 1.807) is 0 Å². The summed E-state index contributed by atoms with van der Waals surface area (Å²) in [7, 11) is 0. The van der Waals surface area contributed by atoms with Gasteiger partial charge in [-0.15, -0.1) is 0 Å². The smallest absolute Gasteiger partial charge is 0.317 e. The topological polar surface area (TPSA) is 32.3 Å². The van der Waals surface area contributed by atoms with E-state index in [1.807, 2.05) is 16.7 Å². The van der Waals surface area contributed by atoms with Crippen LogP contribution in [0.3, 0.4) is 0 Å². The summed E-state index contributed by atoms with van der Waals surface area (Å²) in [5, 5.41) is 3.05. The molecule has 1 aliphatic heterocycles. The molecule has 0 aromatic rings. The van der Waals surface area contributed by atoms with E-state index in [1.165, 1.54) is 31.4 Å². The van der Waals surface area contributed by atoms with E-state index in [0.29, 0.717) is 5.92 Å². The summed E-state index contributed by atoms with van der Waals surface area (Å²) < 4.78 is 0. The Morgan fingerprint density at radius 2 is 2.11 bits per heavy atom. The zero-order valence-electron chi connectivity index (χ0n) is 11.9. The van der Waals surface area contributed by atoms with Crippen molar-refractivity contribution in [3.63, 3.8) is 0 Å². The van der Waals surface area contributed by atoms with Crippen molar-refractivity contribution in [2.45, 2.75) is 45.4 Å². The van der Waals surface area contributed by atoms with Gasteiger partial charge in [0.2, 0.25) is 0 Å². The van der Waals surface area contributed by atoms with Crippen LogP contribution in [0.4, 0.5) is 4.79 Å². The van der Waals surface area contributed by atoms with Crippen molar-refractivity contribution < 1.29 is 4.79 Å². The third kappa shape index (κ3) is 6.53. The van der Waals surface area contributed by atoms with Gasteiger partial charge in [-0.3, -0.25) is 0 Å². The Morgan fingerprint density at radius 3 is 2.83 bits per heavy atom. The molecule has 2 amide bonds. The van der Waals surface area contributed by atoms with Gasteiger partial charge in [0.1, 0.15) is 0 Å². The average molecular weight is 272 g/mol. The molecule has 0 bridgehead atoms. The summed E-state index contributed by atoms with van der Waals surface area (Å²) in [4.78, 5) is 13.9. The minimum Gasteiger partial charge on any atom is -0.338 e. The molecule has 0 aliphatic carbocycles. The SMILES string of the molecule is CSCCCCCCNC(=O)N1CCCC(C)C1. The first kappa shape index (κ1) is 15.7. The quantitative estimate of drug-likeness (QED) is 0.721. The number of urea groups is 1. The van der Waals surface area contributed by atoms with Gasteiger partial charge >= 0.3 is 6.03 Å². The van der Waals surface area contributed by atoms with Crippen LogP contribution in [0, 0.1) is 5.92 Å². The Morgan fingerprint density at radius 1 is 1.33 bits per heavy atom. The summed E-state index contributed by atoms with van der Waals surface area (Å²) in [5.41, 5.74) is 0. The normalized spacial score (nSPS) is 19.9. The molecule has 1 heterocycles. The first-order valence-corrected chi connectivity index (χ1v) is 8.65. The number of nitrogens with zero attached hydrogens (tertiary/aromatic N) is 1. The lowest BCUT2D eigenvalue weighted by Crippen LogP contribution is -2.45.